The molecule has 0 N–H and O–H groups in total. The van der Waals surface area contributed by atoms with Crippen LogP contribution in [-0.2, 0) is 6.42 Å². The van der Waals surface area contributed by atoms with Crippen molar-refractivity contribution in [2.75, 3.05) is 0 Å². The average Bonchev–Trinajstić information content (AvgIpc) is 2.89. The van der Waals surface area contributed by atoms with Crippen molar-refractivity contribution in [3.8, 4) is 11.3 Å². The summed E-state index contributed by atoms with van der Waals surface area (Å²) in [5, 5.41) is 0. The largest absolute Gasteiger partial charge is 0.256 e. The first-order valence-electron chi connectivity index (χ1n) is 14.9. The lowest BCUT2D eigenvalue weighted by atomic mass is 9.77. The van der Waals surface area contributed by atoms with Crippen LogP contribution >= 0.6 is 0 Å². The van der Waals surface area contributed by atoms with E-state index in [0.717, 1.165) is 17.5 Å². The number of hydrogen-bond acceptors (Lipinski definition) is 1. The van der Waals surface area contributed by atoms with Crippen LogP contribution in [0.1, 0.15) is 140 Å². The second-order valence-corrected chi connectivity index (χ2v) is 11.0. The Morgan fingerprint density at radius 3 is 1.88 bits per heavy atom. The molecule has 1 aromatic heterocycles. The van der Waals surface area contributed by atoms with Crippen molar-refractivity contribution in [1.29, 1.82) is 0 Å². The Kier molecular flexibility index (Phi) is 12.8. The third-order valence-electron chi connectivity index (χ3n) is 8.13. The Morgan fingerprint density at radius 1 is 0.647 bits per heavy atom. The lowest BCUT2D eigenvalue weighted by Crippen LogP contribution is -2.13. The smallest absolute Gasteiger partial charge is 0.0702 e. The molecule has 0 bridgehead atoms. The van der Waals surface area contributed by atoms with Gasteiger partial charge in [-0.15, -0.1) is 0 Å². The number of unbranched alkanes of at least 4 members (excludes halogenated alkanes) is 10. The van der Waals surface area contributed by atoms with Gasteiger partial charge in [0.2, 0.25) is 0 Å². The molecule has 1 heteroatoms. The minimum absolute atomic E-state index is 0.766. The Balaban J connectivity index is 1.37. The molecule has 0 radical (unpaired) electrons. The first-order valence-corrected chi connectivity index (χ1v) is 14.9. The topological polar surface area (TPSA) is 12.9 Å². The van der Waals surface area contributed by atoms with Crippen LogP contribution in [0.2, 0.25) is 0 Å². The van der Waals surface area contributed by atoms with Crippen molar-refractivity contribution >= 4 is 0 Å². The predicted molar refractivity (Wildman–Crippen MR) is 149 cm³/mol. The molecule has 188 valence electrons. The molecular formula is C33H51N. The Hall–Kier alpha value is -1.63. The normalized spacial score (nSPS) is 18.3. The van der Waals surface area contributed by atoms with Crippen molar-refractivity contribution in [3.05, 3.63) is 53.7 Å². The van der Waals surface area contributed by atoms with E-state index < -0.39 is 0 Å². The van der Waals surface area contributed by atoms with Crippen LogP contribution in [0.3, 0.4) is 0 Å². The zero-order chi connectivity index (χ0) is 23.8. The zero-order valence-corrected chi connectivity index (χ0v) is 22.4. The van der Waals surface area contributed by atoms with Gasteiger partial charge in [0, 0.05) is 11.8 Å². The molecule has 0 saturated heterocycles. The van der Waals surface area contributed by atoms with E-state index in [2.05, 4.69) is 56.4 Å². The molecule has 1 aliphatic rings. The lowest BCUT2D eigenvalue weighted by Gasteiger charge is -2.29. The van der Waals surface area contributed by atoms with Crippen LogP contribution in [0.15, 0.2) is 42.6 Å². The number of rotatable bonds is 16. The Bertz CT molecular complexity index is 752. The molecule has 1 aliphatic carbocycles. The molecule has 0 atom stereocenters. The van der Waals surface area contributed by atoms with Crippen molar-refractivity contribution in [3.63, 3.8) is 0 Å². The summed E-state index contributed by atoms with van der Waals surface area (Å²) in [4.78, 5) is 4.78. The Labute approximate surface area is 211 Å². The van der Waals surface area contributed by atoms with E-state index >= 15 is 0 Å². The van der Waals surface area contributed by atoms with Crippen molar-refractivity contribution < 1.29 is 0 Å². The van der Waals surface area contributed by atoms with E-state index in [-0.39, 0.29) is 0 Å². The third kappa shape index (κ3) is 9.55. The van der Waals surface area contributed by atoms with Gasteiger partial charge in [-0.25, -0.2) is 0 Å². The van der Waals surface area contributed by atoms with Crippen LogP contribution < -0.4 is 0 Å². The molecule has 0 aliphatic heterocycles. The van der Waals surface area contributed by atoms with Gasteiger partial charge in [-0.2, -0.15) is 0 Å². The zero-order valence-electron chi connectivity index (χ0n) is 22.4. The SMILES string of the molecule is CCCCCCCCc1ccc(-c2ccc(C3CCC(CCCCCCCC)CC3)cc2)nc1. The summed E-state index contributed by atoms with van der Waals surface area (Å²) in [6.07, 6.45) is 27.1. The van der Waals surface area contributed by atoms with E-state index in [1.807, 2.05) is 0 Å². The molecule has 1 aromatic carbocycles. The maximum absolute atomic E-state index is 4.78. The second kappa shape index (κ2) is 16.1. The molecule has 1 saturated carbocycles. The highest BCUT2D eigenvalue weighted by Crippen LogP contribution is 2.38. The van der Waals surface area contributed by atoms with Gasteiger partial charge in [0.25, 0.3) is 0 Å². The summed E-state index contributed by atoms with van der Waals surface area (Å²) in [6.45, 7) is 4.58. The van der Waals surface area contributed by atoms with Crippen molar-refractivity contribution in [2.45, 2.75) is 135 Å². The molecule has 3 rings (SSSR count). The fourth-order valence-electron chi connectivity index (χ4n) is 5.78. The lowest BCUT2D eigenvalue weighted by molar-refractivity contribution is 0.302. The highest BCUT2D eigenvalue weighted by atomic mass is 14.7. The number of pyridine rings is 1. The van der Waals surface area contributed by atoms with E-state index in [1.54, 1.807) is 5.56 Å². The van der Waals surface area contributed by atoms with Gasteiger partial charge in [0.05, 0.1) is 5.69 Å². The highest BCUT2D eigenvalue weighted by Gasteiger charge is 2.22. The van der Waals surface area contributed by atoms with Crippen LogP contribution in [0.25, 0.3) is 11.3 Å². The van der Waals surface area contributed by atoms with Gasteiger partial charge in [0.1, 0.15) is 0 Å². The fraction of sp³-hybridized carbons (Fsp3) is 0.667. The predicted octanol–water partition coefficient (Wildman–Crippen LogP) is 10.7. The summed E-state index contributed by atoms with van der Waals surface area (Å²) in [7, 11) is 0. The standard InChI is InChI=1S/C33H51N/c1-3-5-7-9-11-13-15-28-17-20-30(21-18-28)31-22-24-32(25-23-31)33-26-19-29(27-34-33)16-14-12-10-8-6-4-2/h19,22-28,30H,3-18,20-21H2,1-2H3. The Morgan fingerprint density at radius 2 is 1.26 bits per heavy atom. The quantitative estimate of drug-likeness (QED) is 0.226. The second-order valence-electron chi connectivity index (χ2n) is 11.0. The number of benzene rings is 1. The van der Waals surface area contributed by atoms with Gasteiger partial charge >= 0.3 is 0 Å². The van der Waals surface area contributed by atoms with Crippen molar-refractivity contribution in [1.82, 2.24) is 4.98 Å². The maximum atomic E-state index is 4.78. The van der Waals surface area contributed by atoms with Crippen LogP contribution in [-0.4, -0.2) is 4.98 Å². The summed E-state index contributed by atoms with van der Waals surface area (Å²) in [5.41, 5.74) is 5.29. The van der Waals surface area contributed by atoms with Gasteiger partial charge in [0.15, 0.2) is 0 Å². The van der Waals surface area contributed by atoms with Gasteiger partial charge in [-0.1, -0.05) is 121 Å². The molecule has 0 unspecified atom stereocenters. The molecule has 0 amide bonds. The molecule has 34 heavy (non-hydrogen) atoms. The first-order chi connectivity index (χ1) is 16.8. The number of nitrogens with zero attached hydrogens (tertiary/aromatic N) is 1. The highest BCUT2D eigenvalue weighted by molar-refractivity contribution is 5.59. The molecule has 1 nitrogen and oxygen atoms in total. The summed E-state index contributed by atoms with van der Waals surface area (Å²) >= 11 is 0. The minimum Gasteiger partial charge on any atom is -0.256 e. The van der Waals surface area contributed by atoms with Crippen LogP contribution in [0, 0.1) is 5.92 Å². The van der Waals surface area contributed by atoms with Crippen molar-refractivity contribution in [2.24, 2.45) is 5.92 Å². The number of hydrogen-bond donors (Lipinski definition) is 0. The van der Waals surface area contributed by atoms with Gasteiger partial charge in [-0.05, 0) is 67.6 Å². The summed E-state index contributed by atoms with van der Waals surface area (Å²) < 4.78 is 0. The molecular weight excluding hydrogens is 410 g/mol. The number of aromatic nitrogens is 1. The first kappa shape index (κ1) is 27.0. The molecule has 2 aromatic rings. The van der Waals surface area contributed by atoms with E-state index in [9.17, 15) is 0 Å². The minimum atomic E-state index is 0.766. The summed E-state index contributed by atoms with van der Waals surface area (Å²) in [6, 6.07) is 13.9. The molecule has 0 spiro atoms. The van der Waals surface area contributed by atoms with E-state index in [1.165, 1.54) is 127 Å². The summed E-state index contributed by atoms with van der Waals surface area (Å²) in [5.74, 6) is 1.75. The average molecular weight is 462 g/mol. The fourth-order valence-corrected chi connectivity index (χ4v) is 5.78. The third-order valence-corrected chi connectivity index (χ3v) is 8.13. The molecule has 1 fully saturated rings. The maximum Gasteiger partial charge on any atom is 0.0702 e. The van der Waals surface area contributed by atoms with Crippen LogP contribution in [0.5, 0.6) is 0 Å². The number of aryl methyl sites for hydroxylation is 1. The van der Waals surface area contributed by atoms with Gasteiger partial charge < -0.3 is 0 Å². The van der Waals surface area contributed by atoms with Gasteiger partial charge in [-0.3, -0.25) is 4.98 Å². The van der Waals surface area contributed by atoms with E-state index in [0.29, 0.717) is 0 Å². The monoisotopic (exact) mass is 461 g/mol. The van der Waals surface area contributed by atoms with E-state index in [4.69, 9.17) is 4.98 Å². The molecule has 1 heterocycles. The van der Waals surface area contributed by atoms with Crippen LogP contribution in [0.4, 0.5) is 0 Å².